The summed E-state index contributed by atoms with van der Waals surface area (Å²) in [6, 6.07) is 8.68. The van der Waals surface area contributed by atoms with Gasteiger partial charge in [0.05, 0.1) is 6.61 Å². The number of unbranched alkanes of at least 4 members (excludes halogenated alkanes) is 1. The summed E-state index contributed by atoms with van der Waals surface area (Å²) in [6.07, 6.45) is 3.36. The topological polar surface area (TPSA) is 30.5 Å². The average Bonchev–Trinajstić information content (AvgIpc) is 2.45. The van der Waals surface area contributed by atoms with Crippen molar-refractivity contribution >= 4 is 0 Å². The van der Waals surface area contributed by atoms with Crippen molar-refractivity contribution in [2.24, 2.45) is 0 Å². The molecule has 108 valence electrons. The molecule has 0 aromatic heterocycles. The molecule has 0 aliphatic heterocycles. The molecule has 1 rings (SSSR count). The summed E-state index contributed by atoms with van der Waals surface area (Å²) >= 11 is 0. The molecule has 0 heterocycles. The Bertz CT molecular complexity index is 337. The molecule has 0 aliphatic carbocycles. The third-order valence-corrected chi connectivity index (χ3v) is 3.16. The first kappa shape index (κ1) is 16.0. The van der Waals surface area contributed by atoms with Crippen LogP contribution < -0.4 is 10.1 Å². The summed E-state index contributed by atoms with van der Waals surface area (Å²) in [5.74, 6) is 0.922. The van der Waals surface area contributed by atoms with Crippen molar-refractivity contribution in [1.29, 1.82) is 0 Å². The van der Waals surface area contributed by atoms with E-state index in [0.29, 0.717) is 19.3 Å². The predicted octanol–water partition coefficient (Wildman–Crippen LogP) is 3.55. The molecule has 1 N–H and O–H groups in total. The molecular formula is C16H27NO2. The number of hydrogen-bond donors (Lipinski definition) is 1. The van der Waals surface area contributed by atoms with Gasteiger partial charge in [-0.15, -0.1) is 0 Å². The van der Waals surface area contributed by atoms with E-state index in [1.807, 2.05) is 19.2 Å². The fraction of sp³-hybridized carbons (Fsp3) is 0.625. The molecule has 1 aromatic rings. The Morgan fingerprint density at radius 3 is 2.68 bits per heavy atom. The molecule has 3 heteroatoms. The second kappa shape index (κ2) is 9.82. The van der Waals surface area contributed by atoms with Crippen LogP contribution in [0.25, 0.3) is 0 Å². The maximum Gasteiger partial charge on any atom is 0.119 e. The quantitative estimate of drug-likeness (QED) is 0.656. The summed E-state index contributed by atoms with van der Waals surface area (Å²) < 4.78 is 11.2. The highest BCUT2D eigenvalue weighted by atomic mass is 16.5. The Balaban J connectivity index is 2.35. The van der Waals surface area contributed by atoms with E-state index in [4.69, 9.17) is 9.47 Å². The lowest BCUT2D eigenvalue weighted by Crippen LogP contribution is -2.15. The Labute approximate surface area is 117 Å². The van der Waals surface area contributed by atoms with Gasteiger partial charge in [-0.3, -0.25) is 0 Å². The first-order chi connectivity index (χ1) is 9.31. The normalized spacial score (nSPS) is 12.4. The van der Waals surface area contributed by atoms with Crippen molar-refractivity contribution in [3.63, 3.8) is 0 Å². The van der Waals surface area contributed by atoms with Crippen LogP contribution in [0.5, 0.6) is 5.75 Å². The smallest absolute Gasteiger partial charge is 0.119 e. The largest absolute Gasteiger partial charge is 0.491 e. The molecule has 1 aromatic carbocycles. The van der Waals surface area contributed by atoms with Gasteiger partial charge < -0.3 is 14.8 Å². The van der Waals surface area contributed by atoms with Gasteiger partial charge in [-0.05, 0) is 37.6 Å². The van der Waals surface area contributed by atoms with Gasteiger partial charge in [-0.25, -0.2) is 0 Å². The van der Waals surface area contributed by atoms with E-state index in [0.717, 1.165) is 25.2 Å². The number of hydrogen-bond acceptors (Lipinski definition) is 3. The fourth-order valence-electron chi connectivity index (χ4n) is 1.99. The third-order valence-electron chi connectivity index (χ3n) is 3.16. The zero-order valence-electron chi connectivity index (χ0n) is 12.4. The van der Waals surface area contributed by atoms with Crippen molar-refractivity contribution in [3.05, 3.63) is 29.8 Å². The second-order valence-electron chi connectivity index (χ2n) is 4.64. The molecule has 3 nitrogen and oxygen atoms in total. The Kier molecular flexibility index (Phi) is 8.26. The molecular weight excluding hydrogens is 238 g/mol. The van der Waals surface area contributed by atoms with Crippen LogP contribution in [0.2, 0.25) is 0 Å². The number of rotatable bonds is 10. The molecule has 0 fully saturated rings. The Morgan fingerprint density at radius 2 is 2.00 bits per heavy atom. The molecule has 1 unspecified atom stereocenters. The Morgan fingerprint density at radius 1 is 1.16 bits per heavy atom. The van der Waals surface area contributed by atoms with E-state index in [9.17, 15) is 0 Å². The van der Waals surface area contributed by atoms with E-state index in [2.05, 4.69) is 31.3 Å². The van der Waals surface area contributed by atoms with Gasteiger partial charge in [-0.2, -0.15) is 0 Å². The van der Waals surface area contributed by atoms with Crippen LogP contribution in [0.1, 0.15) is 44.7 Å². The first-order valence-corrected chi connectivity index (χ1v) is 7.29. The van der Waals surface area contributed by atoms with Gasteiger partial charge in [-0.1, -0.05) is 32.4 Å². The van der Waals surface area contributed by atoms with Gasteiger partial charge in [0.25, 0.3) is 0 Å². The van der Waals surface area contributed by atoms with Crippen LogP contribution in [0.4, 0.5) is 0 Å². The second-order valence-corrected chi connectivity index (χ2v) is 4.64. The highest BCUT2D eigenvalue weighted by Gasteiger charge is 2.06. The summed E-state index contributed by atoms with van der Waals surface area (Å²) in [6.45, 7) is 6.45. The number of benzene rings is 1. The summed E-state index contributed by atoms with van der Waals surface area (Å²) in [4.78, 5) is 0. The van der Waals surface area contributed by atoms with Gasteiger partial charge in [0.15, 0.2) is 0 Å². The average molecular weight is 265 g/mol. The molecule has 0 spiro atoms. The lowest BCUT2D eigenvalue weighted by atomic mass is 10.0. The Hall–Kier alpha value is -1.06. The van der Waals surface area contributed by atoms with E-state index in [1.54, 1.807) is 0 Å². The summed E-state index contributed by atoms with van der Waals surface area (Å²) in [5.41, 5.74) is 1.27. The molecule has 0 aliphatic rings. The van der Waals surface area contributed by atoms with Crippen LogP contribution in [0.15, 0.2) is 24.3 Å². The number of nitrogens with one attached hydrogen (secondary N) is 1. The molecule has 0 saturated heterocycles. The maximum absolute atomic E-state index is 5.71. The monoisotopic (exact) mass is 265 g/mol. The lowest BCUT2D eigenvalue weighted by molar-refractivity contribution is 0.0980. The van der Waals surface area contributed by atoms with E-state index in [-0.39, 0.29) is 0 Å². The minimum absolute atomic E-state index is 0.393. The minimum atomic E-state index is 0.393. The van der Waals surface area contributed by atoms with E-state index < -0.39 is 0 Å². The van der Waals surface area contributed by atoms with Gasteiger partial charge in [0.1, 0.15) is 12.4 Å². The van der Waals surface area contributed by atoms with Crippen LogP contribution in [0.3, 0.4) is 0 Å². The van der Waals surface area contributed by atoms with Gasteiger partial charge in [0.2, 0.25) is 0 Å². The van der Waals surface area contributed by atoms with Gasteiger partial charge in [0, 0.05) is 12.6 Å². The van der Waals surface area contributed by atoms with Crippen LogP contribution in [-0.4, -0.2) is 26.9 Å². The molecule has 0 bridgehead atoms. The van der Waals surface area contributed by atoms with E-state index in [1.165, 1.54) is 12.0 Å². The molecule has 0 saturated carbocycles. The fourth-order valence-corrected chi connectivity index (χ4v) is 1.99. The highest BCUT2D eigenvalue weighted by Crippen LogP contribution is 2.21. The SMILES string of the molecule is CCCCOCCOc1cccc(C(CC)NC)c1. The van der Waals surface area contributed by atoms with Crippen molar-refractivity contribution in [2.45, 2.75) is 39.2 Å². The summed E-state index contributed by atoms with van der Waals surface area (Å²) in [5, 5.41) is 3.31. The van der Waals surface area contributed by atoms with Crippen molar-refractivity contribution in [1.82, 2.24) is 5.32 Å². The first-order valence-electron chi connectivity index (χ1n) is 7.29. The standard InChI is InChI=1S/C16H27NO2/c1-4-6-10-18-11-12-19-15-9-7-8-14(13-15)16(5-2)17-3/h7-9,13,16-17H,4-6,10-12H2,1-3H3. The maximum atomic E-state index is 5.71. The van der Waals surface area contributed by atoms with Crippen molar-refractivity contribution in [2.75, 3.05) is 26.9 Å². The molecule has 0 radical (unpaired) electrons. The van der Waals surface area contributed by atoms with Gasteiger partial charge >= 0.3 is 0 Å². The van der Waals surface area contributed by atoms with Crippen LogP contribution in [-0.2, 0) is 4.74 Å². The molecule has 0 amide bonds. The van der Waals surface area contributed by atoms with Crippen LogP contribution >= 0.6 is 0 Å². The lowest BCUT2D eigenvalue weighted by Gasteiger charge is -2.15. The molecule has 1 atom stereocenters. The van der Waals surface area contributed by atoms with Crippen molar-refractivity contribution < 1.29 is 9.47 Å². The minimum Gasteiger partial charge on any atom is -0.491 e. The molecule has 19 heavy (non-hydrogen) atoms. The zero-order valence-corrected chi connectivity index (χ0v) is 12.4. The van der Waals surface area contributed by atoms with Crippen LogP contribution in [0, 0.1) is 0 Å². The summed E-state index contributed by atoms with van der Waals surface area (Å²) in [7, 11) is 1.99. The van der Waals surface area contributed by atoms with Crippen molar-refractivity contribution in [3.8, 4) is 5.75 Å². The zero-order chi connectivity index (χ0) is 13.9. The predicted molar refractivity (Wildman–Crippen MR) is 79.8 cm³/mol. The van der Waals surface area contributed by atoms with E-state index >= 15 is 0 Å². The highest BCUT2D eigenvalue weighted by molar-refractivity contribution is 5.30. The third kappa shape index (κ3) is 6.08. The number of ether oxygens (including phenoxy) is 2.